The van der Waals surface area contributed by atoms with Gasteiger partial charge in [0.1, 0.15) is 5.83 Å². The Kier molecular flexibility index (Phi) is 6.54. The van der Waals surface area contributed by atoms with Gasteiger partial charge in [0.25, 0.3) is 0 Å². The van der Waals surface area contributed by atoms with Crippen molar-refractivity contribution in [2.45, 2.75) is 20.8 Å². The molecule has 0 saturated carbocycles. The van der Waals surface area contributed by atoms with Gasteiger partial charge in [-0.15, -0.1) is 11.3 Å². The summed E-state index contributed by atoms with van der Waals surface area (Å²) in [6, 6.07) is 0. The van der Waals surface area contributed by atoms with Gasteiger partial charge in [0, 0.05) is 11.0 Å². The van der Waals surface area contributed by atoms with E-state index in [1.54, 1.807) is 5.38 Å². The molecule has 0 spiro atoms. The highest BCUT2D eigenvalue weighted by Gasteiger charge is 2.06. The van der Waals surface area contributed by atoms with Gasteiger partial charge in [-0.05, 0) is 13.0 Å². The van der Waals surface area contributed by atoms with Gasteiger partial charge in [-0.3, -0.25) is 0 Å². The molecule has 1 aromatic rings. The second kappa shape index (κ2) is 7.12. The molecule has 1 rings (SSSR count). The summed E-state index contributed by atoms with van der Waals surface area (Å²) in [6.07, 6.45) is 2.66. The van der Waals surface area contributed by atoms with Crippen molar-refractivity contribution in [1.82, 2.24) is 4.98 Å². The van der Waals surface area contributed by atoms with Gasteiger partial charge in [-0.25, -0.2) is 9.37 Å². The third-order valence-electron chi connectivity index (χ3n) is 1.48. The van der Waals surface area contributed by atoms with Crippen molar-refractivity contribution >= 4 is 16.9 Å². The molecule has 0 saturated heterocycles. The summed E-state index contributed by atoms with van der Waals surface area (Å²) in [7, 11) is 0. The molecule has 0 bridgehead atoms. The van der Waals surface area contributed by atoms with E-state index in [1.807, 2.05) is 20.8 Å². The van der Waals surface area contributed by atoms with E-state index in [4.69, 9.17) is 0 Å². The average Bonchev–Trinajstić information content (AvgIpc) is 2.67. The van der Waals surface area contributed by atoms with Gasteiger partial charge in [0.05, 0.1) is 10.7 Å². The molecule has 1 heterocycles. The zero-order chi connectivity index (χ0) is 11.8. The van der Waals surface area contributed by atoms with Crippen molar-refractivity contribution in [1.29, 1.82) is 0 Å². The van der Waals surface area contributed by atoms with Crippen molar-refractivity contribution in [3.05, 3.63) is 47.2 Å². The Morgan fingerprint density at radius 2 is 2.13 bits per heavy atom. The Bertz CT molecular complexity index is 363. The largest absolute Gasteiger partial charge is 0.241 e. The molecule has 0 fully saturated rings. The Morgan fingerprint density at radius 3 is 2.53 bits per heavy atom. The van der Waals surface area contributed by atoms with Crippen LogP contribution in [0.4, 0.5) is 4.39 Å². The number of hydrogen-bond donors (Lipinski definition) is 0. The SMILES string of the molecule is C=C/C=C(/F)C(=C)c1csc(C)n1.CC. The van der Waals surface area contributed by atoms with Crippen molar-refractivity contribution < 1.29 is 4.39 Å². The summed E-state index contributed by atoms with van der Waals surface area (Å²) < 4.78 is 13.1. The van der Waals surface area contributed by atoms with E-state index in [0.29, 0.717) is 11.3 Å². The molecule has 3 heteroatoms. The number of allylic oxidation sites excluding steroid dienone is 4. The van der Waals surface area contributed by atoms with Crippen molar-refractivity contribution in [3.63, 3.8) is 0 Å². The monoisotopic (exact) mass is 225 g/mol. The Morgan fingerprint density at radius 1 is 1.53 bits per heavy atom. The molecule has 0 aliphatic carbocycles. The summed E-state index contributed by atoms with van der Waals surface area (Å²) in [6.45, 7) is 12.9. The van der Waals surface area contributed by atoms with Crippen LogP contribution < -0.4 is 0 Å². The minimum absolute atomic E-state index is 0.309. The summed E-state index contributed by atoms with van der Waals surface area (Å²) in [5.41, 5.74) is 0.905. The van der Waals surface area contributed by atoms with E-state index in [-0.39, 0.29) is 5.83 Å². The maximum absolute atomic E-state index is 13.1. The van der Waals surface area contributed by atoms with Crippen LogP contribution in [0.15, 0.2) is 36.5 Å². The molecule has 0 atom stereocenters. The van der Waals surface area contributed by atoms with Gasteiger partial charge >= 0.3 is 0 Å². The number of halogens is 1. The van der Waals surface area contributed by atoms with Crippen LogP contribution >= 0.6 is 11.3 Å². The van der Waals surface area contributed by atoms with Gasteiger partial charge < -0.3 is 0 Å². The first kappa shape index (κ1) is 13.8. The molecule has 0 radical (unpaired) electrons. The van der Waals surface area contributed by atoms with Crippen LogP contribution in [-0.2, 0) is 0 Å². The summed E-state index contributed by atoms with van der Waals surface area (Å²) in [5, 5.41) is 2.69. The third kappa shape index (κ3) is 4.21. The molecule has 0 unspecified atom stereocenters. The number of thiazole rings is 1. The fraction of sp³-hybridized carbons (Fsp3) is 0.250. The summed E-state index contributed by atoms with van der Waals surface area (Å²) in [4.78, 5) is 4.12. The topological polar surface area (TPSA) is 12.9 Å². The van der Waals surface area contributed by atoms with Crippen LogP contribution in [0.2, 0.25) is 0 Å². The maximum atomic E-state index is 13.1. The number of nitrogens with zero attached hydrogens (tertiary/aromatic N) is 1. The molecule has 0 N–H and O–H groups in total. The maximum Gasteiger partial charge on any atom is 0.132 e. The van der Waals surface area contributed by atoms with Crippen molar-refractivity contribution in [2.24, 2.45) is 0 Å². The lowest BCUT2D eigenvalue weighted by Crippen LogP contribution is -1.83. The first-order valence-corrected chi connectivity index (χ1v) is 5.63. The normalized spacial score (nSPS) is 10.3. The molecule has 0 aromatic carbocycles. The molecular weight excluding hydrogens is 209 g/mol. The zero-order valence-corrected chi connectivity index (χ0v) is 10.2. The fourth-order valence-corrected chi connectivity index (χ4v) is 1.46. The van der Waals surface area contributed by atoms with E-state index in [9.17, 15) is 4.39 Å². The molecule has 0 aliphatic rings. The first-order chi connectivity index (χ1) is 7.15. The van der Waals surface area contributed by atoms with E-state index >= 15 is 0 Å². The number of aryl methyl sites for hydroxylation is 1. The smallest absolute Gasteiger partial charge is 0.132 e. The molecule has 0 amide bonds. The quantitative estimate of drug-likeness (QED) is 0.689. The fourth-order valence-electron chi connectivity index (χ4n) is 0.828. The van der Waals surface area contributed by atoms with Crippen LogP contribution in [0.3, 0.4) is 0 Å². The molecule has 82 valence electrons. The highest BCUT2D eigenvalue weighted by atomic mass is 32.1. The van der Waals surface area contributed by atoms with E-state index < -0.39 is 0 Å². The van der Waals surface area contributed by atoms with E-state index in [1.165, 1.54) is 23.5 Å². The molecule has 1 nitrogen and oxygen atoms in total. The van der Waals surface area contributed by atoms with Crippen LogP contribution in [0.25, 0.3) is 5.57 Å². The van der Waals surface area contributed by atoms with Gasteiger partial charge in [0.15, 0.2) is 0 Å². The Balaban J connectivity index is 0.000000921. The molecule has 1 aromatic heterocycles. The van der Waals surface area contributed by atoms with Crippen LogP contribution in [0, 0.1) is 6.92 Å². The number of hydrogen-bond acceptors (Lipinski definition) is 2. The number of aromatic nitrogens is 1. The second-order valence-corrected chi connectivity index (χ2v) is 3.54. The van der Waals surface area contributed by atoms with E-state index in [2.05, 4.69) is 18.1 Å². The van der Waals surface area contributed by atoms with Crippen LogP contribution in [0.5, 0.6) is 0 Å². The van der Waals surface area contributed by atoms with Crippen LogP contribution in [0.1, 0.15) is 24.5 Å². The average molecular weight is 225 g/mol. The lowest BCUT2D eigenvalue weighted by molar-refractivity contribution is 0.674. The predicted octanol–water partition coefficient (Wildman–Crippen LogP) is 4.53. The highest BCUT2D eigenvalue weighted by molar-refractivity contribution is 7.09. The minimum atomic E-state index is -0.389. The van der Waals surface area contributed by atoms with Crippen LogP contribution in [-0.4, -0.2) is 4.98 Å². The summed E-state index contributed by atoms with van der Waals surface area (Å²) in [5.74, 6) is -0.389. The number of rotatable bonds is 3. The predicted molar refractivity (Wildman–Crippen MR) is 66.6 cm³/mol. The van der Waals surface area contributed by atoms with Gasteiger partial charge in [-0.1, -0.05) is 33.1 Å². The summed E-state index contributed by atoms with van der Waals surface area (Å²) >= 11 is 1.48. The lowest BCUT2D eigenvalue weighted by Gasteiger charge is -1.96. The minimum Gasteiger partial charge on any atom is -0.241 e. The molecular formula is C12H16FNS. The van der Waals surface area contributed by atoms with Gasteiger partial charge in [0.2, 0.25) is 0 Å². The Labute approximate surface area is 94.7 Å². The molecule has 15 heavy (non-hydrogen) atoms. The lowest BCUT2D eigenvalue weighted by atomic mass is 10.2. The Hall–Kier alpha value is -1.22. The second-order valence-electron chi connectivity index (χ2n) is 2.48. The molecule has 0 aliphatic heterocycles. The third-order valence-corrected chi connectivity index (χ3v) is 2.25. The van der Waals surface area contributed by atoms with Gasteiger partial charge in [-0.2, -0.15) is 0 Å². The zero-order valence-electron chi connectivity index (χ0n) is 9.38. The first-order valence-electron chi connectivity index (χ1n) is 4.75. The standard InChI is InChI=1S/C10H10FNS.C2H6/c1-4-5-9(11)7(2)10-6-13-8(3)12-10;1-2/h4-6H,1-2H2,3H3;1-2H3/b9-5+;. The van der Waals surface area contributed by atoms with E-state index in [0.717, 1.165) is 5.01 Å². The van der Waals surface area contributed by atoms with Crippen molar-refractivity contribution in [2.75, 3.05) is 0 Å². The highest BCUT2D eigenvalue weighted by Crippen LogP contribution is 2.23. The van der Waals surface area contributed by atoms with Crippen molar-refractivity contribution in [3.8, 4) is 0 Å².